The van der Waals surface area contributed by atoms with Gasteiger partial charge < -0.3 is 14.8 Å². The number of carbonyl (C=O) groups is 1. The number of fused-ring (bicyclic) bond motifs is 1. The molecule has 0 spiro atoms. The normalized spacial score (nSPS) is 12.6. The van der Waals surface area contributed by atoms with E-state index in [1.807, 2.05) is 36.4 Å². The molecule has 5 nitrogen and oxygen atoms in total. The van der Waals surface area contributed by atoms with Crippen LogP contribution in [-0.2, 0) is 6.42 Å². The topological polar surface area (TPSA) is 59.9 Å². The van der Waals surface area contributed by atoms with Crippen molar-refractivity contribution in [1.29, 1.82) is 0 Å². The maximum atomic E-state index is 13.2. The lowest BCUT2D eigenvalue weighted by molar-refractivity contribution is 0.102. The Morgan fingerprint density at radius 2 is 1.67 bits per heavy atom. The highest BCUT2D eigenvalue weighted by Crippen LogP contribution is 2.34. The number of halogens is 1. The van der Waals surface area contributed by atoms with Gasteiger partial charge in [0.15, 0.2) is 11.5 Å². The average molecular weight is 404 g/mol. The number of benzene rings is 3. The van der Waals surface area contributed by atoms with E-state index in [0.29, 0.717) is 29.3 Å². The van der Waals surface area contributed by atoms with Gasteiger partial charge in [-0.05, 0) is 54.4 Å². The Kier molecular flexibility index (Phi) is 5.48. The highest BCUT2D eigenvalue weighted by atomic mass is 19.1. The molecule has 4 rings (SSSR count). The molecular formula is C24H21FN2O3. The number of nitrogens with zero attached hydrogens (tertiary/aromatic N) is 1. The molecule has 0 fully saturated rings. The Hall–Kier alpha value is -3.67. The van der Waals surface area contributed by atoms with Crippen LogP contribution in [0.2, 0.25) is 0 Å². The first-order chi connectivity index (χ1) is 14.6. The van der Waals surface area contributed by atoms with Gasteiger partial charge in [-0.3, -0.25) is 9.79 Å². The summed E-state index contributed by atoms with van der Waals surface area (Å²) in [5.41, 5.74) is 4.66. The number of carbonyl (C=O) groups excluding carboxylic acids is 1. The number of hydrogen-bond acceptors (Lipinski definition) is 4. The van der Waals surface area contributed by atoms with Crippen LogP contribution < -0.4 is 14.8 Å². The number of ether oxygens (including phenoxy) is 2. The van der Waals surface area contributed by atoms with E-state index >= 15 is 0 Å². The molecule has 0 saturated carbocycles. The van der Waals surface area contributed by atoms with Crippen molar-refractivity contribution in [3.8, 4) is 11.5 Å². The largest absolute Gasteiger partial charge is 0.493 e. The fraction of sp³-hybridized carbons (Fsp3) is 0.167. The van der Waals surface area contributed by atoms with Crippen molar-refractivity contribution < 1.29 is 18.7 Å². The average Bonchev–Trinajstić information content (AvgIpc) is 2.78. The minimum atomic E-state index is -0.385. The highest BCUT2D eigenvalue weighted by Gasteiger charge is 2.22. The van der Waals surface area contributed by atoms with Crippen LogP contribution >= 0.6 is 0 Å². The molecule has 0 saturated heterocycles. The summed E-state index contributed by atoms with van der Waals surface area (Å²) in [6.07, 6.45) is 0.795. The molecule has 0 aromatic heterocycles. The van der Waals surface area contributed by atoms with Crippen LogP contribution in [-0.4, -0.2) is 32.4 Å². The standard InChI is InChI=1S/C24H21FN2O3/c1-29-21-13-16-11-12-26-23(19(16)14-22(21)30-2)18-5-3-4-6-20(18)27-24(28)15-7-9-17(25)10-8-15/h3-10,13-14H,11-12H2,1-2H3,(H,27,28). The second-order valence-electron chi connectivity index (χ2n) is 6.85. The minimum Gasteiger partial charge on any atom is -0.493 e. The summed E-state index contributed by atoms with van der Waals surface area (Å²) >= 11 is 0. The Bertz CT molecular complexity index is 1120. The molecule has 6 heteroatoms. The molecule has 1 aliphatic rings. The van der Waals surface area contributed by atoms with Crippen molar-refractivity contribution in [2.75, 3.05) is 26.1 Å². The number of rotatable bonds is 5. The predicted octanol–water partition coefficient (Wildman–Crippen LogP) is 4.49. The molecule has 0 unspecified atom stereocenters. The number of nitrogens with one attached hydrogen (secondary N) is 1. The van der Waals surface area contributed by atoms with Crippen LogP contribution in [0.3, 0.4) is 0 Å². The summed E-state index contributed by atoms with van der Waals surface area (Å²) in [7, 11) is 3.21. The van der Waals surface area contributed by atoms with Gasteiger partial charge >= 0.3 is 0 Å². The van der Waals surface area contributed by atoms with E-state index in [0.717, 1.165) is 28.8 Å². The van der Waals surface area contributed by atoms with E-state index in [4.69, 9.17) is 14.5 Å². The number of para-hydroxylation sites is 1. The monoisotopic (exact) mass is 404 g/mol. The number of hydrogen-bond donors (Lipinski definition) is 1. The Morgan fingerprint density at radius 1 is 0.967 bits per heavy atom. The van der Waals surface area contributed by atoms with Gasteiger partial charge in [-0.2, -0.15) is 0 Å². The number of aliphatic imine (C=N–C) groups is 1. The van der Waals surface area contributed by atoms with Crippen molar-refractivity contribution >= 4 is 17.3 Å². The first-order valence-electron chi connectivity index (χ1n) is 9.56. The fourth-order valence-corrected chi connectivity index (χ4v) is 3.55. The Balaban J connectivity index is 1.72. The molecule has 1 heterocycles. The van der Waals surface area contributed by atoms with Crippen LogP contribution in [0.5, 0.6) is 11.5 Å². The molecule has 3 aromatic carbocycles. The third-order valence-corrected chi connectivity index (χ3v) is 5.05. The van der Waals surface area contributed by atoms with Crippen molar-refractivity contribution in [3.63, 3.8) is 0 Å². The zero-order chi connectivity index (χ0) is 21.1. The zero-order valence-corrected chi connectivity index (χ0v) is 16.7. The summed E-state index contributed by atoms with van der Waals surface area (Å²) in [6.45, 7) is 0.637. The van der Waals surface area contributed by atoms with Gasteiger partial charge in [0.2, 0.25) is 0 Å². The number of anilines is 1. The molecular weight excluding hydrogens is 383 g/mol. The first kappa shape index (κ1) is 19.6. The van der Waals surface area contributed by atoms with Crippen LogP contribution in [0.25, 0.3) is 0 Å². The molecule has 1 amide bonds. The molecule has 0 bridgehead atoms. The van der Waals surface area contributed by atoms with E-state index in [-0.39, 0.29) is 11.7 Å². The first-order valence-corrected chi connectivity index (χ1v) is 9.56. The molecule has 152 valence electrons. The summed E-state index contributed by atoms with van der Waals surface area (Å²) < 4.78 is 24.1. The lowest BCUT2D eigenvalue weighted by Gasteiger charge is -2.21. The van der Waals surface area contributed by atoms with Gasteiger partial charge in [-0.1, -0.05) is 18.2 Å². The predicted molar refractivity (Wildman–Crippen MR) is 115 cm³/mol. The summed E-state index contributed by atoms with van der Waals surface area (Å²) in [6, 6.07) is 16.8. The van der Waals surface area contributed by atoms with Gasteiger partial charge in [0.05, 0.1) is 25.6 Å². The van der Waals surface area contributed by atoms with E-state index in [2.05, 4.69) is 5.32 Å². The summed E-state index contributed by atoms with van der Waals surface area (Å²) in [5, 5.41) is 2.93. The maximum absolute atomic E-state index is 13.2. The molecule has 0 radical (unpaired) electrons. The van der Waals surface area contributed by atoms with Crippen LogP contribution in [0.1, 0.15) is 27.0 Å². The van der Waals surface area contributed by atoms with Crippen LogP contribution in [0, 0.1) is 5.82 Å². The Morgan fingerprint density at radius 3 is 2.40 bits per heavy atom. The molecule has 1 aliphatic heterocycles. The smallest absolute Gasteiger partial charge is 0.255 e. The van der Waals surface area contributed by atoms with Gasteiger partial charge in [-0.25, -0.2) is 4.39 Å². The lowest BCUT2D eigenvalue weighted by atomic mass is 9.92. The Labute approximate surface area is 174 Å². The van der Waals surface area contributed by atoms with E-state index < -0.39 is 0 Å². The summed E-state index contributed by atoms with van der Waals surface area (Å²) in [5.74, 6) is 0.602. The third-order valence-electron chi connectivity index (χ3n) is 5.05. The SMILES string of the molecule is COc1cc2c(cc1OC)C(c1ccccc1NC(=O)c1ccc(F)cc1)=NCC2. The van der Waals surface area contributed by atoms with E-state index in [1.165, 1.54) is 24.3 Å². The number of amides is 1. The molecule has 30 heavy (non-hydrogen) atoms. The fourth-order valence-electron chi connectivity index (χ4n) is 3.55. The molecule has 1 N–H and O–H groups in total. The van der Waals surface area contributed by atoms with Crippen molar-refractivity contribution in [1.82, 2.24) is 0 Å². The minimum absolute atomic E-state index is 0.314. The third kappa shape index (κ3) is 3.76. The van der Waals surface area contributed by atoms with Crippen molar-refractivity contribution in [2.24, 2.45) is 4.99 Å². The zero-order valence-electron chi connectivity index (χ0n) is 16.7. The van der Waals surface area contributed by atoms with Crippen molar-refractivity contribution in [2.45, 2.75) is 6.42 Å². The van der Waals surface area contributed by atoms with E-state index in [9.17, 15) is 9.18 Å². The van der Waals surface area contributed by atoms with E-state index in [1.54, 1.807) is 14.2 Å². The highest BCUT2D eigenvalue weighted by molar-refractivity contribution is 6.19. The van der Waals surface area contributed by atoms with Gasteiger partial charge in [0.1, 0.15) is 5.82 Å². The maximum Gasteiger partial charge on any atom is 0.255 e. The van der Waals surface area contributed by atoms with Gasteiger partial charge in [-0.15, -0.1) is 0 Å². The van der Waals surface area contributed by atoms with Gasteiger partial charge in [0.25, 0.3) is 5.91 Å². The second-order valence-corrected chi connectivity index (χ2v) is 6.85. The molecule has 0 atom stereocenters. The number of methoxy groups -OCH3 is 2. The van der Waals surface area contributed by atoms with Gasteiger partial charge in [0, 0.05) is 23.2 Å². The lowest BCUT2D eigenvalue weighted by Crippen LogP contribution is -2.19. The van der Waals surface area contributed by atoms with Crippen LogP contribution in [0.4, 0.5) is 10.1 Å². The molecule has 3 aromatic rings. The van der Waals surface area contributed by atoms with Crippen molar-refractivity contribution in [3.05, 3.63) is 88.7 Å². The van der Waals surface area contributed by atoms with Crippen LogP contribution in [0.15, 0.2) is 65.7 Å². The second kappa shape index (κ2) is 8.37. The summed E-state index contributed by atoms with van der Waals surface area (Å²) in [4.78, 5) is 17.4. The quantitative estimate of drug-likeness (QED) is 0.682. The molecule has 0 aliphatic carbocycles.